The summed E-state index contributed by atoms with van der Waals surface area (Å²) < 4.78 is 0. The van der Waals surface area contributed by atoms with Gasteiger partial charge in [-0.1, -0.05) is 24.6 Å². The number of fused-ring (bicyclic) bond motifs is 2. The van der Waals surface area contributed by atoms with Gasteiger partial charge >= 0.3 is 0 Å². The van der Waals surface area contributed by atoms with Crippen molar-refractivity contribution in [1.82, 2.24) is 5.32 Å². The van der Waals surface area contributed by atoms with Crippen molar-refractivity contribution in [2.45, 2.75) is 43.0 Å². The Labute approximate surface area is 119 Å². The van der Waals surface area contributed by atoms with E-state index in [4.69, 9.17) is 0 Å². The van der Waals surface area contributed by atoms with E-state index < -0.39 is 0 Å². The fourth-order valence-electron chi connectivity index (χ4n) is 3.48. The van der Waals surface area contributed by atoms with Gasteiger partial charge in [0, 0.05) is 23.1 Å². The van der Waals surface area contributed by atoms with Crippen molar-refractivity contribution in [3.8, 4) is 0 Å². The molecule has 2 nitrogen and oxygen atoms in total. The van der Waals surface area contributed by atoms with E-state index in [2.05, 4.69) is 17.4 Å². The van der Waals surface area contributed by atoms with E-state index in [1.54, 1.807) is 11.8 Å². The first-order chi connectivity index (χ1) is 9.31. The maximum atomic E-state index is 11.9. The summed E-state index contributed by atoms with van der Waals surface area (Å²) in [5.41, 5.74) is 0. The second kappa shape index (κ2) is 6.00. The van der Waals surface area contributed by atoms with Crippen LogP contribution in [0.1, 0.15) is 32.1 Å². The molecule has 1 aromatic rings. The smallest absolute Gasteiger partial charge is 0.221 e. The summed E-state index contributed by atoms with van der Waals surface area (Å²) >= 11 is 1.76. The number of rotatable bonds is 5. The van der Waals surface area contributed by atoms with Gasteiger partial charge in [0.2, 0.25) is 5.91 Å². The number of nitrogens with one attached hydrogen (secondary N) is 1. The Morgan fingerprint density at radius 3 is 2.74 bits per heavy atom. The van der Waals surface area contributed by atoms with Crippen molar-refractivity contribution in [2.24, 2.45) is 11.8 Å². The number of hydrogen-bond donors (Lipinski definition) is 1. The number of carbonyl (C=O) groups excluding carboxylic acids is 1. The van der Waals surface area contributed by atoms with Crippen LogP contribution in [0.4, 0.5) is 0 Å². The molecule has 0 heterocycles. The zero-order valence-corrected chi connectivity index (χ0v) is 12.0. The second-order valence-corrected chi connectivity index (χ2v) is 6.93. The average molecular weight is 275 g/mol. The quantitative estimate of drug-likeness (QED) is 0.834. The fourth-order valence-corrected chi connectivity index (χ4v) is 4.35. The molecule has 1 amide bonds. The van der Waals surface area contributed by atoms with E-state index in [0.29, 0.717) is 12.5 Å². The third-order valence-corrected chi connectivity index (χ3v) is 5.44. The van der Waals surface area contributed by atoms with Crippen LogP contribution in [-0.4, -0.2) is 17.7 Å². The zero-order chi connectivity index (χ0) is 13.1. The molecule has 0 unspecified atom stereocenters. The number of amides is 1. The van der Waals surface area contributed by atoms with Crippen LogP contribution >= 0.6 is 11.8 Å². The molecule has 19 heavy (non-hydrogen) atoms. The number of carbonyl (C=O) groups is 1. The maximum absolute atomic E-state index is 11.9. The highest BCUT2D eigenvalue weighted by atomic mass is 32.2. The van der Waals surface area contributed by atoms with Crippen molar-refractivity contribution < 1.29 is 4.79 Å². The zero-order valence-electron chi connectivity index (χ0n) is 11.2. The van der Waals surface area contributed by atoms with E-state index >= 15 is 0 Å². The molecule has 2 bridgehead atoms. The molecule has 3 rings (SSSR count). The molecule has 2 saturated carbocycles. The Morgan fingerprint density at radius 2 is 2.05 bits per heavy atom. The van der Waals surface area contributed by atoms with Crippen molar-refractivity contribution in [2.75, 3.05) is 5.75 Å². The Morgan fingerprint density at radius 1 is 1.21 bits per heavy atom. The first-order valence-electron chi connectivity index (χ1n) is 7.28. The van der Waals surface area contributed by atoms with Crippen molar-refractivity contribution in [1.29, 1.82) is 0 Å². The Hall–Kier alpha value is -0.960. The van der Waals surface area contributed by atoms with Crippen LogP contribution < -0.4 is 5.32 Å². The van der Waals surface area contributed by atoms with Gasteiger partial charge in [0.15, 0.2) is 0 Å². The third kappa shape index (κ3) is 3.33. The lowest BCUT2D eigenvalue weighted by Gasteiger charge is -2.22. The first kappa shape index (κ1) is 13.0. The third-order valence-electron chi connectivity index (χ3n) is 4.43. The monoisotopic (exact) mass is 275 g/mol. The summed E-state index contributed by atoms with van der Waals surface area (Å²) in [5, 5.41) is 3.24. The standard InChI is InChI=1S/C16H21NOS/c18-16(8-9-19-14-4-2-1-3-5-14)17-15-11-12-6-7-13(15)10-12/h1-5,12-13,15H,6-11H2,(H,17,18)/t12-,13-,15-/m1/s1. The molecule has 0 radical (unpaired) electrons. The number of hydrogen-bond acceptors (Lipinski definition) is 2. The lowest BCUT2D eigenvalue weighted by molar-refractivity contribution is -0.121. The van der Waals surface area contributed by atoms with Crippen LogP contribution in [-0.2, 0) is 4.79 Å². The highest BCUT2D eigenvalue weighted by molar-refractivity contribution is 7.99. The van der Waals surface area contributed by atoms with Crippen LogP contribution in [0.2, 0.25) is 0 Å². The summed E-state index contributed by atoms with van der Waals surface area (Å²) in [5.74, 6) is 2.78. The highest BCUT2D eigenvalue weighted by Crippen LogP contribution is 2.44. The molecule has 0 aromatic heterocycles. The van der Waals surface area contributed by atoms with Crippen molar-refractivity contribution >= 4 is 17.7 Å². The molecule has 0 aliphatic heterocycles. The summed E-state index contributed by atoms with van der Waals surface area (Å²) in [6, 6.07) is 10.8. The lowest BCUT2D eigenvalue weighted by atomic mass is 9.95. The summed E-state index contributed by atoms with van der Waals surface area (Å²) in [6.45, 7) is 0. The van der Waals surface area contributed by atoms with E-state index in [1.165, 1.54) is 30.6 Å². The minimum atomic E-state index is 0.237. The van der Waals surface area contributed by atoms with Crippen LogP contribution in [0.5, 0.6) is 0 Å². The van der Waals surface area contributed by atoms with Crippen molar-refractivity contribution in [3.63, 3.8) is 0 Å². The molecule has 102 valence electrons. The molecule has 2 aliphatic rings. The predicted molar refractivity (Wildman–Crippen MR) is 79.2 cm³/mol. The summed E-state index contributed by atoms with van der Waals surface area (Å²) in [4.78, 5) is 13.2. The largest absolute Gasteiger partial charge is 0.353 e. The van der Waals surface area contributed by atoms with Crippen LogP contribution in [0.25, 0.3) is 0 Å². The molecule has 3 atom stereocenters. The van der Waals surface area contributed by atoms with E-state index in [0.717, 1.165) is 17.6 Å². The Kier molecular flexibility index (Phi) is 4.12. The van der Waals surface area contributed by atoms with E-state index in [1.807, 2.05) is 18.2 Å². The molecule has 3 heteroatoms. The Balaban J connectivity index is 1.38. The van der Waals surface area contributed by atoms with Gasteiger partial charge in [-0.05, 0) is 43.2 Å². The fraction of sp³-hybridized carbons (Fsp3) is 0.562. The van der Waals surface area contributed by atoms with Gasteiger partial charge < -0.3 is 5.32 Å². The predicted octanol–water partition coefficient (Wildman–Crippen LogP) is 3.47. The summed E-state index contributed by atoms with van der Waals surface area (Å²) in [6.07, 6.45) is 5.93. The molecule has 1 aromatic carbocycles. The molecule has 2 fully saturated rings. The number of benzene rings is 1. The van der Waals surface area contributed by atoms with Gasteiger partial charge in [-0.2, -0.15) is 0 Å². The van der Waals surface area contributed by atoms with Crippen LogP contribution in [0.15, 0.2) is 35.2 Å². The van der Waals surface area contributed by atoms with Gasteiger partial charge in [0.25, 0.3) is 0 Å². The van der Waals surface area contributed by atoms with Gasteiger partial charge in [-0.25, -0.2) is 0 Å². The van der Waals surface area contributed by atoms with E-state index in [9.17, 15) is 4.79 Å². The maximum Gasteiger partial charge on any atom is 0.221 e. The van der Waals surface area contributed by atoms with Gasteiger partial charge in [-0.15, -0.1) is 11.8 Å². The molecule has 0 spiro atoms. The second-order valence-electron chi connectivity index (χ2n) is 5.76. The minimum absolute atomic E-state index is 0.237. The molecular weight excluding hydrogens is 254 g/mol. The highest BCUT2D eigenvalue weighted by Gasteiger charge is 2.39. The molecular formula is C16H21NOS. The summed E-state index contributed by atoms with van der Waals surface area (Å²) in [7, 11) is 0. The number of thioether (sulfide) groups is 1. The molecule has 1 N–H and O–H groups in total. The van der Waals surface area contributed by atoms with Crippen LogP contribution in [0, 0.1) is 11.8 Å². The van der Waals surface area contributed by atoms with Gasteiger partial charge in [0.1, 0.15) is 0 Å². The van der Waals surface area contributed by atoms with Crippen LogP contribution in [0.3, 0.4) is 0 Å². The minimum Gasteiger partial charge on any atom is -0.353 e. The topological polar surface area (TPSA) is 29.1 Å². The molecule has 0 saturated heterocycles. The Bertz CT molecular complexity index is 434. The van der Waals surface area contributed by atoms with E-state index in [-0.39, 0.29) is 5.91 Å². The van der Waals surface area contributed by atoms with Crippen molar-refractivity contribution in [3.05, 3.63) is 30.3 Å². The lowest BCUT2D eigenvalue weighted by Crippen LogP contribution is -2.38. The molecule has 2 aliphatic carbocycles. The normalized spacial score (nSPS) is 28.5. The van der Waals surface area contributed by atoms with Gasteiger partial charge in [-0.3, -0.25) is 4.79 Å². The SMILES string of the molecule is O=C(CCSc1ccccc1)N[C@@H]1C[C@@H]2CC[C@@H]1C2. The van der Waals surface area contributed by atoms with Gasteiger partial charge in [0.05, 0.1) is 0 Å². The average Bonchev–Trinajstić information content (AvgIpc) is 3.02. The first-order valence-corrected chi connectivity index (χ1v) is 8.27.